The van der Waals surface area contributed by atoms with Crippen LogP contribution in [-0.4, -0.2) is 48.3 Å². The van der Waals surface area contributed by atoms with E-state index in [4.69, 9.17) is 9.26 Å². The summed E-state index contributed by atoms with van der Waals surface area (Å²) in [5.41, 5.74) is -0.117. The van der Waals surface area contributed by atoms with Crippen LogP contribution in [0.3, 0.4) is 0 Å². The van der Waals surface area contributed by atoms with Crippen molar-refractivity contribution in [3.8, 4) is 0 Å². The first kappa shape index (κ1) is 20.3. The molecule has 1 aromatic heterocycles. The molecule has 1 aliphatic heterocycles. The molecule has 2 aliphatic rings. The van der Waals surface area contributed by atoms with Crippen molar-refractivity contribution >= 4 is 11.7 Å². The molecule has 6 nitrogen and oxygen atoms in total. The topological polar surface area (TPSA) is 67.6 Å². The van der Waals surface area contributed by atoms with Crippen molar-refractivity contribution in [3.05, 3.63) is 11.8 Å². The number of carbonyl (C=O) groups is 1. The molecular weight excluding hydrogens is 342 g/mol. The van der Waals surface area contributed by atoms with Gasteiger partial charge in [-0.1, -0.05) is 32.3 Å². The Morgan fingerprint density at radius 2 is 2.00 bits per heavy atom. The molecule has 1 saturated carbocycles. The lowest BCUT2D eigenvalue weighted by Crippen LogP contribution is -2.49. The molecule has 1 atom stereocenters. The summed E-state index contributed by atoms with van der Waals surface area (Å²) in [5.74, 6) is 2.03. The van der Waals surface area contributed by atoms with E-state index in [0.29, 0.717) is 17.8 Å². The molecule has 152 valence electrons. The lowest BCUT2D eigenvalue weighted by atomic mass is 9.86. The number of amides is 1. The molecule has 1 aliphatic carbocycles. The van der Waals surface area contributed by atoms with Gasteiger partial charge in [0, 0.05) is 25.1 Å². The zero-order chi connectivity index (χ0) is 19.4. The van der Waals surface area contributed by atoms with Crippen LogP contribution in [0.2, 0.25) is 0 Å². The second-order valence-electron chi connectivity index (χ2n) is 9.20. The number of likely N-dealkylation sites (tertiary alicyclic amines) is 1. The first-order chi connectivity index (χ1) is 12.9. The van der Waals surface area contributed by atoms with Crippen molar-refractivity contribution in [2.45, 2.75) is 83.3 Å². The van der Waals surface area contributed by atoms with Crippen molar-refractivity contribution in [1.82, 2.24) is 10.1 Å². The summed E-state index contributed by atoms with van der Waals surface area (Å²) in [6.45, 7) is 8.23. The maximum Gasteiger partial charge on any atom is 0.242 e. The highest BCUT2D eigenvalue weighted by Crippen LogP contribution is 2.29. The SMILES string of the molecule is COC1CCC(CN2CCCCC2C(=O)Nc2cc(C(C)(C)C)on2)CC1. The third-order valence-electron chi connectivity index (χ3n) is 6.04. The van der Waals surface area contributed by atoms with Crippen molar-refractivity contribution in [3.63, 3.8) is 0 Å². The molecule has 0 spiro atoms. The molecule has 1 aromatic rings. The Morgan fingerprint density at radius 3 is 2.63 bits per heavy atom. The largest absolute Gasteiger partial charge is 0.381 e. The lowest BCUT2D eigenvalue weighted by Gasteiger charge is -2.38. The Bertz CT molecular complexity index is 614. The van der Waals surface area contributed by atoms with Crippen LogP contribution in [0.1, 0.15) is 71.5 Å². The molecule has 1 saturated heterocycles. The van der Waals surface area contributed by atoms with Gasteiger partial charge >= 0.3 is 0 Å². The Morgan fingerprint density at radius 1 is 1.26 bits per heavy atom. The van der Waals surface area contributed by atoms with E-state index in [1.54, 1.807) is 0 Å². The average molecular weight is 378 g/mol. The summed E-state index contributed by atoms with van der Waals surface area (Å²) in [7, 11) is 1.81. The monoisotopic (exact) mass is 377 g/mol. The lowest BCUT2D eigenvalue weighted by molar-refractivity contribution is -0.122. The highest BCUT2D eigenvalue weighted by molar-refractivity contribution is 5.94. The van der Waals surface area contributed by atoms with Gasteiger partial charge in [-0.2, -0.15) is 0 Å². The van der Waals surface area contributed by atoms with Crippen molar-refractivity contribution in [1.29, 1.82) is 0 Å². The van der Waals surface area contributed by atoms with E-state index in [1.165, 1.54) is 19.3 Å². The fraction of sp³-hybridized carbons (Fsp3) is 0.810. The van der Waals surface area contributed by atoms with Gasteiger partial charge in [0.15, 0.2) is 5.82 Å². The van der Waals surface area contributed by atoms with Gasteiger partial charge < -0.3 is 14.6 Å². The number of hydrogen-bond donors (Lipinski definition) is 1. The molecule has 1 amide bonds. The zero-order valence-electron chi connectivity index (χ0n) is 17.3. The smallest absolute Gasteiger partial charge is 0.242 e. The summed E-state index contributed by atoms with van der Waals surface area (Å²) >= 11 is 0. The van der Waals surface area contributed by atoms with Crippen LogP contribution in [-0.2, 0) is 14.9 Å². The number of hydrogen-bond acceptors (Lipinski definition) is 5. The summed E-state index contributed by atoms with van der Waals surface area (Å²) in [4.78, 5) is 15.3. The number of rotatable bonds is 5. The van der Waals surface area contributed by atoms with Crippen LogP contribution in [0, 0.1) is 5.92 Å². The number of carbonyl (C=O) groups excluding carboxylic acids is 1. The number of nitrogens with zero attached hydrogens (tertiary/aromatic N) is 2. The third-order valence-corrected chi connectivity index (χ3v) is 6.04. The average Bonchev–Trinajstić information content (AvgIpc) is 3.12. The van der Waals surface area contributed by atoms with E-state index in [0.717, 1.165) is 44.5 Å². The minimum atomic E-state index is -0.117. The molecule has 6 heteroatoms. The van der Waals surface area contributed by atoms with Crippen molar-refractivity contribution in [2.24, 2.45) is 5.92 Å². The van der Waals surface area contributed by atoms with Crippen LogP contribution >= 0.6 is 0 Å². The first-order valence-electron chi connectivity index (χ1n) is 10.4. The second kappa shape index (κ2) is 8.74. The maximum atomic E-state index is 12.9. The van der Waals surface area contributed by atoms with Crippen LogP contribution in [0.15, 0.2) is 10.6 Å². The molecule has 3 rings (SSSR count). The van der Waals surface area contributed by atoms with E-state index in [1.807, 2.05) is 13.2 Å². The highest BCUT2D eigenvalue weighted by atomic mass is 16.5. The predicted octanol–water partition coefficient (Wildman–Crippen LogP) is 3.97. The first-order valence-corrected chi connectivity index (χ1v) is 10.4. The van der Waals surface area contributed by atoms with Gasteiger partial charge in [0.05, 0.1) is 12.1 Å². The number of anilines is 1. The number of nitrogens with one attached hydrogen (secondary N) is 1. The molecule has 2 fully saturated rings. The third kappa shape index (κ3) is 5.32. The van der Waals surface area contributed by atoms with Crippen molar-refractivity contribution < 1.29 is 14.1 Å². The van der Waals surface area contributed by atoms with Crippen LogP contribution in [0.5, 0.6) is 0 Å². The van der Waals surface area contributed by atoms with Crippen LogP contribution in [0.4, 0.5) is 5.82 Å². The molecular formula is C21H35N3O3. The van der Waals surface area contributed by atoms with Gasteiger partial charge in [0.2, 0.25) is 5.91 Å². The van der Waals surface area contributed by atoms with Crippen LogP contribution < -0.4 is 5.32 Å². The standard InChI is InChI=1S/C21H35N3O3/c1-21(2,3)18-13-19(23-27-18)22-20(25)17-7-5-6-12-24(17)14-15-8-10-16(26-4)11-9-15/h13,15-17H,5-12,14H2,1-4H3,(H,22,23,25). The Labute approximate surface area is 163 Å². The van der Waals surface area contributed by atoms with E-state index < -0.39 is 0 Å². The summed E-state index contributed by atoms with van der Waals surface area (Å²) < 4.78 is 10.9. The molecule has 2 heterocycles. The van der Waals surface area contributed by atoms with Crippen LogP contribution in [0.25, 0.3) is 0 Å². The highest BCUT2D eigenvalue weighted by Gasteiger charge is 2.32. The Kier molecular flexibility index (Phi) is 6.58. The van der Waals surface area contributed by atoms with Gasteiger partial charge in [-0.05, 0) is 51.0 Å². The normalized spacial score (nSPS) is 27.5. The van der Waals surface area contributed by atoms with Crippen molar-refractivity contribution in [2.75, 3.05) is 25.5 Å². The van der Waals surface area contributed by atoms with E-state index in [2.05, 4.69) is 36.1 Å². The molecule has 27 heavy (non-hydrogen) atoms. The fourth-order valence-corrected chi connectivity index (χ4v) is 4.29. The van der Waals surface area contributed by atoms with Gasteiger partial charge in [-0.15, -0.1) is 0 Å². The minimum absolute atomic E-state index is 0.0500. The van der Waals surface area contributed by atoms with Gasteiger partial charge in [0.1, 0.15) is 5.76 Å². The number of piperidine rings is 1. The predicted molar refractivity (Wildman–Crippen MR) is 106 cm³/mol. The Hall–Kier alpha value is -1.40. The molecule has 1 N–H and O–H groups in total. The summed E-state index contributed by atoms with van der Waals surface area (Å²) in [6.07, 6.45) is 8.30. The Balaban J connectivity index is 1.57. The summed E-state index contributed by atoms with van der Waals surface area (Å²) in [5, 5.41) is 7.02. The number of methoxy groups -OCH3 is 1. The maximum absolute atomic E-state index is 12.9. The molecule has 0 bridgehead atoms. The van der Waals surface area contributed by atoms with Gasteiger partial charge in [-0.25, -0.2) is 0 Å². The molecule has 1 unspecified atom stereocenters. The van der Waals surface area contributed by atoms with E-state index in [9.17, 15) is 4.79 Å². The second-order valence-corrected chi connectivity index (χ2v) is 9.20. The van der Waals surface area contributed by atoms with Gasteiger partial charge in [-0.3, -0.25) is 9.69 Å². The summed E-state index contributed by atoms with van der Waals surface area (Å²) in [6, 6.07) is 1.78. The molecule has 0 aromatic carbocycles. The van der Waals surface area contributed by atoms with Gasteiger partial charge in [0.25, 0.3) is 0 Å². The fourth-order valence-electron chi connectivity index (χ4n) is 4.29. The zero-order valence-corrected chi connectivity index (χ0v) is 17.3. The molecule has 0 radical (unpaired) electrons. The number of aromatic nitrogens is 1. The van der Waals surface area contributed by atoms with E-state index in [-0.39, 0.29) is 17.4 Å². The quantitative estimate of drug-likeness (QED) is 0.841. The number of ether oxygens (including phenoxy) is 1. The van der Waals surface area contributed by atoms with E-state index >= 15 is 0 Å². The minimum Gasteiger partial charge on any atom is -0.381 e.